The average molecular weight is 328 g/mol. The van der Waals surface area contributed by atoms with Gasteiger partial charge in [-0.15, -0.1) is 0 Å². The van der Waals surface area contributed by atoms with Gasteiger partial charge in [-0.25, -0.2) is 5.48 Å². The van der Waals surface area contributed by atoms with Crippen molar-refractivity contribution in [1.82, 2.24) is 10.5 Å². The van der Waals surface area contributed by atoms with Crippen molar-refractivity contribution in [3.63, 3.8) is 0 Å². The Bertz CT molecular complexity index is 651. The van der Waals surface area contributed by atoms with Crippen molar-refractivity contribution in [2.45, 2.75) is 25.2 Å². The van der Waals surface area contributed by atoms with E-state index < -0.39 is 12.2 Å². The third kappa shape index (κ3) is 3.97. The summed E-state index contributed by atoms with van der Waals surface area (Å²) in [4.78, 5) is 21.9. The minimum atomic E-state index is -0.745. The smallest absolute Gasteiger partial charge is 0.275 e. The average Bonchev–Trinajstić information content (AvgIpc) is 2.67. The summed E-state index contributed by atoms with van der Waals surface area (Å²) in [5.41, 5.74) is 4.31. The molecule has 0 radical (unpaired) electrons. The van der Waals surface area contributed by atoms with Gasteiger partial charge in [-0.2, -0.15) is 0 Å². The zero-order valence-corrected chi connectivity index (χ0v) is 13.4. The molecule has 126 valence electrons. The maximum atomic E-state index is 12.5. The third-order valence-corrected chi connectivity index (χ3v) is 3.85. The Morgan fingerprint density at radius 2 is 1.88 bits per heavy atom. The molecule has 6 nitrogen and oxygen atoms in total. The minimum absolute atomic E-state index is 0.295. The Hall–Kier alpha value is -2.28. The van der Waals surface area contributed by atoms with E-state index in [1.54, 1.807) is 12.4 Å². The normalized spacial score (nSPS) is 21.9. The number of hydrogen-bond acceptors (Lipinski definition) is 5. The predicted octanol–water partition coefficient (Wildman–Crippen LogP) is 2.35. The number of nitrogens with one attached hydrogen (secondary N) is 1. The minimum Gasteiger partial charge on any atom is -0.368 e. The monoisotopic (exact) mass is 328 g/mol. The molecule has 0 saturated carbocycles. The number of hydrogen-bond donors (Lipinski definition) is 1. The SMILES string of the molecule is C[C@H](ONC(=O)[C@@H]1OCCO[C@@H]1c1ccccc1)c1ccncc1. The van der Waals surface area contributed by atoms with E-state index in [2.05, 4.69) is 10.5 Å². The number of nitrogens with zero attached hydrogens (tertiary/aromatic N) is 1. The molecule has 1 aliphatic heterocycles. The number of pyridine rings is 1. The molecule has 24 heavy (non-hydrogen) atoms. The van der Waals surface area contributed by atoms with Crippen molar-refractivity contribution in [3.8, 4) is 0 Å². The summed E-state index contributed by atoms with van der Waals surface area (Å²) in [5.74, 6) is -0.357. The Labute approximate surface area is 140 Å². The van der Waals surface area contributed by atoms with E-state index in [0.717, 1.165) is 11.1 Å². The fourth-order valence-corrected chi connectivity index (χ4v) is 2.56. The number of rotatable bonds is 5. The second-order valence-electron chi connectivity index (χ2n) is 5.50. The van der Waals surface area contributed by atoms with Crippen molar-refractivity contribution >= 4 is 5.91 Å². The topological polar surface area (TPSA) is 69.7 Å². The summed E-state index contributed by atoms with van der Waals surface area (Å²) >= 11 is 0. The van der Waals surface area contributed by atoms with Gasteiger partial charge in [0.25, 0.3) is 5.91 Å². The van der Waals surface area contributed by atoms with Crippen LogP contribution in [0.3, 0.4) is 0 Å². The lowest BCUT2D eigenvalue weighted by molar-refractivity contribution is -0.179. The van der Waals surface area contributed by atoms with E-state index in [-0.39, 0.29) is 12.0 Å². The Kier molecular flexibility index (Phi) is 5.53. The molecule has 3 atom stereocenters. The van der Waals surface area contributed by atoms with Crippen LogP contribution in [0.5, 0.6) is 0 Å². The number of ether oxygens (including phenoxy) is 2. The number of benzene rings is 1. The van der Waals surface area contributed by atoms with Gasteiger partial charge >= 0.3 is 0 Å². The predicted molar refractivity (Wildman–Crippen MR) is 86.8 cm³/mol. The summed E-state index contributed by atoms with van der Waals surface area (Å²) in [6.45, 7) is 2.68. The number of carbonyl (C=O) groups excluding carboxylic acids is 1. The van der Waals surface area contributed by atoms with E-state index in [1.807, 2.05) is 49.4 Å². The lowest BCUT2D eigenvalue weighted by Gasteiger charge is -2.31. The number of hydroxylamine groups is 1. The van der Waals surface area contributed by atoms with Gasteiger partial charge in [0.15, 0.2) is 6.10 Å². The van der Waals surface area contributed by atoms with Crippen LogP contribution in [0.1, 0.15) is 30.3 Å². The van der Waals surface area contributed by atoms with E-state index in [4.69, 9.17) is 14.3 Å². The molecule has 0 spiro atoms. The summed E-state index contributed by atoms with van der Waals surface area (Å²) in [7, 11) is 0. The fraction of sp³-hybridized carbons (Fsp3) is 0.333. The van der Waals surface area contributed by atoms with Crippen LogP contribution in [0.15, 0.2) is 54.9 Å². The van der Waals surface area contributed by atoms with Gasteiger partial charge in [-0.1, -0.05) is 30.3 Å². The van der Waals surface area contributed by atoms with Gasteiger partial charge in [0.05, 0.1) is 13.2 Å². The molecule has 2 heterocycles. The highest BCUT2D eigenvalue weighted by Crippen LogP contribution is 2.27. The van der Waals surface area contributed by atoms with Gasteiger partial charge in [0.2, 0.25) is 0 Å². The molecule has 2 aromatic rings. The molecule has 1 aromatic carbocycles. The van der Waals surface area contributed by atoms with Crippen molar-refractivity contribution in [3.05, 3.63) is 66.0 Å². The van der Waals surface area contributed by atoms with Gasteiger partial charge < -0.3 is 9.47 Å². The lowest BCUT2D eigenvalue weighted by Crippen LogP contribution is -2.44. The van der Waals surface area contributed by atoms with Crippen molar-refractivity contribution in [2.75, 3.05) is 13.2 Å². The molecule has 1 aromatic heterocycles. The first kappa shape index (κ1) is 16.6. The lowest BCUT2D eigenvalue weighted by atomic mass is 10.0. The highest BCUT2D eigenvalue weighted by atomic mass is 16.7. The molecule has 1 amide bonds. The van der Waals surface area contributed by atoms with Crippen molar-refractivity contribution < 1.29 is 19.1 Å². The molecule has 1 aliphatic rings. The number of aromatic nitrogens is 1. The van der Waals surface area contributed by atoms with Gasteiger partial charge in [0.1, 0.15) is 12.2 Å². The summed E-state index contributed by atoms with van der Waals surface area (Å²) in [6, 6.07) is 13.2. The van der Waals surface area contributed by atoms with E-state index in [9.17, 15) is 4.79 Å². The molecule has 6 heteroatoms. The molecule has 1 fully saturated rings. The second-order valence-corrected chi connectivity index (χ2v) is 5.50. The van der Waals surface area contributed by atoms with E-state index >= 15 is 0 Å². The molecular weight excluding hydrogens is 308 g/mol. The van der Waals surface area contributed by atoms with Crippen LogP contribution >= 0.6 is 0 Å². The standard InChI is InChI=1S/C18H20N2O4/c1-13(14-7-9-19-10-8-14)24-20-18(21)17-16(22-11-12-23-17)15-5-3-2-4-6-15/h2-10,13,16-17H,11-12H2,1H3,(H,20,21)/t13-,16+,17+/m0/s1. The van der Waals surface area contributed by atoms with Crippen LogP contribution in [0, 0.1) is 0 Å². The van der Waals surface area contributed by atoms with Gasteiger partial charge in [-0.3, -0.25) is 14.6 Å². The molecule has 1 N–H and O–H groups in total. The first-order chi connectivity index (χ1) is 11.8. The Morgan fingerprint density at radius 3 is 2.62 bits per heavy atom. The van der Waals surface area contributed by atoms with Crippen LogP contribution in [0.2, 0.25) is 0 Å². The van der Waals surface area contributed by atoms with Crippen molar-refractivity contribution in [1.29, 1.82) is 0 Å². The van der Waals surface area contributed by atoms with E-state index in [1.165, 1.54) is 0 Å². The first-order valence-electron chi connectivity index (χ1n) is 7.89. The third-order valence-electron chi connectivity index (χ3n) is 3.85. The quantitative estimate of drug-likeness (QED) is 0.853. The zero-order valence-electron chi connectivity index (χ0n) is 13.4. The highest BCUT2D eigenvalue weighted by Gasteiger charge is 2.34. The Balaban J connectivity index is 1.62. The largest absolute Gasteiger partial charge is 0.368 e. The highest BCUT2D eigenvalue weighted by molar-refractivity contribution is 5.80. The molecule has 0 aliphatic carbocycles. The molecule has 1 saturated heterocycles. The summed E-state index contributed by atoms with van der Waals surface area (Å²) in [6.07, 6.45) is 1.88. The fourth-order valence-electron chi connectivity index (χ4n) is 2.56. The number of amides is 1. The first-order valence-corrected chi connectivity index (χ1v) is 7.89. The van der Waals surface area contributed by atoms with Gasteiger partial charge in [-0.05, 0) is 30.2 Å². The second kappa shape index (κ2) is 8.01. The van der Waals surface area contributed by atoms with Crippen LogP contribution in [0.25, 0.3) is 0 Å². The molecule has 0 unspecified atom stereocenters. The summed E-state index contributed by atoms with van der Waals surface area (Å²) < 4.78 is 11.4. The van der Waals surface area contributed by atoms with Crippen LogP contribution in [0.4, 0.5) is 0 Å². The van der Waals surface area contributed by atoms with Crippen LogP contribution < -0.4 is 5.48 Å². The maximum Gasteiger partial charge on any atom is 0.275 e. The number of carbonyl (C=O) groups is 1. The molecule has 0 bridgehead atoms. The van der Waals surface area contributed by atoms with Crippen molar-refractivity contribution in [2.24, 2.45) is 0 Å². The zero-order chi connectivity index (χ0) is 16.8. The van der Waals surface area contributed by atoms with E-state index in [0.29, 0.717) is 13.2 Å². The summed E-state index contributed by atoms with van der Waals surface area (Å²) in [5, 5.41) is 0. The Morgan fingerprint density at radius 1 is 1.17 bits per heavy atom. The molecular formula is C18H20N2O4. The molecule has 3 rings (SSSR count). The van der Waals surface area contributed by atoms with Crippen LogP contribution in [-0.2, 0) is 19.1 Å². The maximum absolute atomic E-state index is 12.5. The van der Waals surface area contributed by atoms with Gasteiger partial charge in [0, 0.05) is 12.4 Å². The van der Waals surface area contributed by atoms with Crippen LogP contribution in [-0.4, -0.2) is 30.2 Å².